The third-order valence-electron chi connectivity index (χ3n) is 5.66. The third kappa shape index (κ3) is 4.33. The van der Waals surface area contributed by atoms with Gasteiger partial charge in [0.2, 0.25) is 0 Å². The minimum Gasteiger partial charge on any atom is -0.493 e. The van der Waals surface area contributed by atoms with Crippen molar-refractivity contribution < 1.29 is 17.9 Å². The predicted molar refractivity (Wildman–Crippen MR) is 111 cm³/mol. The number of rotatable bonds is 7. The van der Waals surface area contributed by atoms with E-state index < -0.39 is 9.84 Å². The second-order valence-corrected chi connectivity index (χ2v) is 10.1. The van der Waals surface area contributed by atoms with E-state index in [1.54, 1.807) is 20.3 Å². The highest BCUT2D eigenvalue weighted by molar-refractivity contribution is 7.90. The van der Waals surface area contributed by atoms with Gasteiger partial charge in [0, 0.05) is 24.9 Å². The van der Waals surface area contributed by atoms with Gasteiger partial charge < -0.3 is 9.47 Å². The number of sulfone groups is 1. The molecule has 1 heterocycles. The molecular formula is C22H29NO4S. The summed E-state index contributed by atoms with van der Waals surface area (Å²) in [5.74, 6) is 1.49. The van der Waals surface area contributed by atoms with E-state index in [9.17, 15) is 8.42 Å². The smallest absolute Gasteiger partial charge is 0.175 e. The molecule has 1 aliphatic heterocycles. The zero-order valence-corrected chi connectivity index (χ0v) is 18.1. The van der Waals surface area contributed by atoms with Crippen LogP contribution in [0, 0.1) is 0 Å². The number of aryl methyl sites for hydroxylation is 1. The minimum atomic E-state index is -3.18. The molecule has 0 unspecified atom stereocenters. The molecule has 0 radical (unpaired) electrons. The second-order valence-electron chi connectivity index (χ2n) is 8.06. The molecule has 3 rings (SSSR count). The summed E-state index contributed by atoms with van der Waals surface area (Å²) < 4.78 is 34.4. The first-order valence-corrected chi connectivity index (χ1v) is 11.3. The quantitative estimate of drug-likeness (QED) is 0.703. The maximum atomic E-state index is 11.8. The van der Waals surface area contributed by atoms with Crippen LogP contribution in [0.1, 0.15) is 37.0 Å². The van der Waals surface area contributed by atoms with Crippen molar-refractivity contribution >= 4 is 9.84 Å². The fraction of sp³-hybridized carbons (Fsp3) is 0.455. The molecular weight excluding hydrogens is 374 g/mol. The standard InChI is InChI=1S/C22H29NO4S/c1-22(2,11-10-16-6-9-20(26-3)21(12-16)27-4)23-14-17-7-8-19(28(5,24)25)13-18(17)15-23/h6-9,12-13H,10-11,14-15H2,1-5H3. The molecule has 2 aromatic rings. The summed E-state index contributed by atoms with van der Waals surface area (Å²) in [7, 11) is 0.114. The van der Waals surface area contributed by atoms with Crippen molar-refractivity contribution in [2.24, 2.45) is 0 Å². The Hall–Kier alpha value is -2.05. The molecule has 28 heavy (non-hydrogen) atoms. The number of ether oxygens (including phenoxy) is 2. The molecule has 0 fully saturated rings. The van der Waals surface area contributed by atoms with E-state index in [1.807, 2.05) is 24.3 Å². The largest absolute Gasteiger partial charge is 0.493 e. The van der Waals surface area contributed by atoms with Crippen molar-refractivity contribution in [2.45, 2.75) is 50.2 Å². The average molecular weight is 404 g/mol. The lowest BCUT2D eigenvalue weighted by Gasteiger charge is -2.35. The Morgan fingerprint density at radius 1 is 0.964 bits per heavy atom. The lowest BCUT2D eigenvalue weighted by Crippen LogP contribution is -2.40. The number of hydrogen-bond acceptors (Lipinski definition) is 5. The zero-order valence-electron chi connectivity index (χ0n) is 17.3. The van der Waals surface area contributed by atoms with Gasteiger partial charge in [-0.1, -0.05) is 12.1 Å². The molecule has 0 saturated heterocycles. The van der Waals surface area contributed by atoms with Crippen LogP contribution in [0.5, 0.6) is 11.5 Å². The number of benzene rings is 2. The van der Waals surface area contributed by atoms with Crippen molar-refractivity contribution in [3.8, 4) is 11.5 Å². The van der Waals surface area contributed by atoms with E-state index in [4.69, 9.17) is 9.47 Å². The molecule has 0 spiro atoms. The maximum Gasteiger partial charge on any atom is 0.175 e. The van der Waals surface area contributed by atoms with Crippen molar-refractivity contribution in [3.05, 3.63) is 53.1 Å². The summed E-state index contributed by atoms with van der Waals surface area (Å²) in [4.78, 5) is 2.82. The van der Waals surface area contributed by atoms with Crippen LogP contribution in [0.4, 0.5) is 0 Å². The lowest BCUT2D eigenvalue weighted by molar-refractivity contribution is 0.109. The molecule has 0 bridgehead atoms. The molecule has 6 heteroatoms. The SMILES string of the molecule is COc1ccc(CCC(C)(C)N2Cc3ccc(S(C)(=O)=O)cc3C2)cc1OC. The van der Waals surface area contributed by atoms with Crippen LogP contribution >= 0.6 is 0 Å². The van der Waals surface area contributed by atoms with Gasteiger partial charge in [0.25, 0.3) is 0 Å². The van der Waals surface area contributed by atoms with Gasteiger partial charge in [-0.15, -0.1) is 0 Å². The first-order chi connectivity index (χ1) is 13.1. The zero-order chi connectivity index (χ0) is 20.5. The summed E-state index contributed by atoms with van der Waals surface area (Å²) in [5, 5.41) is 0. The van der Waals surface area contributed by atoms with Crippen LogP contribution in [0.15, 0.2) is 41.3 Å². The monoisotopic (exact) mass is 403 g/mol. The fourth-order valence-electron chi connectivity index (χ4n) is 3.67. The molecule has 5 nitrogen and oxygen atoms in total. The van der Waals surface area contributed by atoms with Crippen LogP contribution in [0.25, 0.3) is 0 Å². The molecule has 0 atom stereocenters. The van der Waals surface area contributed by atoms with Crippen molar-refractivity contribution in [1.82, 2.24) is 4.90 Å². The lowest BCUT2D eigenvalue weighted by atomic mass is 9.93. The van der Waals surface area contributed by atoms with E-state index in [0.717, 1.165) is 43.0 Å². The summed E-state index contributed by atoms with van der Waals surface area (Å²) in [6, 6.07) is 11.6. The van der Waals surface area contributed by atoms with Crippen molar-refractivity contribution in [2.75, 3.05) is 20.5 Å². The Kier molecular flexibility index (Phi) is 5.73. The Labute approximate surface area is 168 Å². The van der Waals surface area contributed by atoms with Crippen LogP contribution < -0.4 is 9.47 Å². The van der Waals surface area contributed by atoms with Crippen LogP contribution in [-0.4, -0.2) is 39.3 Å². The molecule has 152 valence electrons. The molecule has 0 saturated carbocycles. The van der Waals surface area contributed by atoms with E-state index in [2.05, 4.69) is 24.8 Å². The number of hydrogen-bond donors (Lipinski definition) is 0. The third-order valence-corrected chi connectivity index (χ3v) is 6.77. The Bertz CT molecular complexity index is 966. The molecule has 0 amide bonds. The highest BCUT2D eigenvalue weighted by atomic mass is 32.2. The highest BCUT2D eigenvalue weighted by Crippen LogP contribution is 2.34. The fourth-order valence-corrected chi connectivity index (χ4v) is 4.35. The predicted octanol–water partition coefficient (Wildman–Crippen LogP) is 3.83. The summed E-state index contributed by atoms with van der Waals surface area (Å²) >= 11 is 0. The van der Waals surface area contributed by atoms with Crippen molar-refractivity contribution in [3.63, 3.8) is 0 Å². The van der Waals surface area contributed by atoms with E-state index in [-0.39, 0.29) is 5.54 Å². The molecule has 2 aromatic carbocycles. The number of nitrogens with zero attached hydrogens (tertiary/aromatic N) is 1. The van der Waals surface area contributed by atoms with Crippen LogP contribution in [0.3, 0.4) is 0 Å². The average Bonchev–Trinajstić information content (AvgIpc) is 3.10. The Morgan fingerprint density at radius 2 is 1.64 bits per heavy atom. The Balaban J connectivity index is 1.70. The normalized spacial score (nSPS) is 14.8. The minimum absolute atomic E-state index is 0.0164. The number of fused-ring (bicyclic) bond motifs is 1. The molecule has 0 aliphatic carbocycles. The highest BCUT2D eigenvalue weighted by Gasteiger charge is 2.32. The van der Waals surface area contributed by atoms with Gasteiger partial charge >= 0.3 is 0 Å². The van der Waals surface area contributed by atoms with Gasteiger partial charge in [0.05, 0.1) is 19.1 Å². The topological polar surface area (TPSA) is 55.8 Å². The van der Waals surface area contributed by atoms with Gasteiger partial charge in [-0.25, -0.2) is 8.42 Å². The van der Waals surface area contributed by atoms with Crippen LogP contribution in [-0.2, 0) is 29.3 Å². The summed E-state index contributed by atoms with van der Waals surface area (Å²) in [6.07, 6.45) is 3.17. The van der Waals surface area contributed by atoms with Gasteiger partial charge in [0.15, 0.2) is 21.3 Å². The summed E-state index contributed by atoms with van der Waals surface area (Å²) in [6.45, 7) is 6.12. The van der Waals surface area contributed by atoms with Crippen molar-refractivity contribution in [1.29, 1.82) is 0 Å². The van der Waals surface area contributed by atoms with E-state index >= 15 is 0 Å². The van der Waals surface area contributed by atoms with Gasteiger partial charge in [-0.2, -0.15) is 0 Å². The molecule has 0 N–H and O–H groups in total. The molecule has 0 aromatic heterocycles. The van der Waals surface area contributed by atoms with Gasteiger partial charge in [0.1, 0.15) is 0 Å². The summed E-state index contributed by atoms with van der Waals surface area (Å²) in [5.41, 5.74) is 3.52. The first-order valence-electron chi connectivity index (χ1n) is 9.42. The first kappa shape index (κ1) is 20.7. The Morgan fingerprint density at radius 3 is 2.29 bits per heavy atom. The number of methoxy groups -OCH3 is 2. The van der Waals surface area contributed by atoms with E-state index in [0.29, 0.717) is 4.90 Å². The van der Waals surface area contributed by atoms with Gasteiger partial charge in [-0.05, 0) is 67.6 Å². The molecule has 1 aliphatic rings. The van der Waals surface area contributed by atoms with Crippen LogP contribution in [0.2, 0.25) is 0 Å². The second kappa shape index (κ2) is 7.76. The van der Waals surface area contributed by atoms with Gasteiger partial charge in [-0.3, -0.25) is 4.90 Å². The maximum absolute atomic E-state index is 11.8. The van der Waals surface area contributed by atoms with E-state index in [1.165, 1.54) is 17.4 Å².